The molecule has 3 heteroatoms. The number of nitriles is 1. The topological polar surface area (TPSA) is 36.7 Å². The van der Waals surface area contributed by atoms with Crippen molar-refractivity contribution < 1.29 is 0 Å². The molecule has 1 aliphatic rings. The Balaban J connectivity index is 2.00. The zero-order chi connectivity index (χ0) is 13.5. The van der Waals surface area contributed by atoms with E-state index in [0.29, 0.717) is 0 Å². The molecule has 2 nitrogen and oxygen atoms in total. The molecule has 3 rings (SSSR count). The molecule has 0 fully saturated rings. The van der Waals surface area contributed by atoms with Crippen LogP contribution in [0.15, 0.2) is 24.3 Å². The van der Waals surface area contributed by atoms with Gasteiger partial charge in [0.25, 0.3) is 0 Å². The molecule has 2 aromatic rings. The summed E-state index contributed by atoms with van der Waals surface area (Å²) >= 11 is 1.73. The van der Waals surface area contributed by atoms with Crippen LogP contribution in [0.3, 0.4) is 0 Å². The van der Waals surface area contributed by atoms with E-state index in [-0.39, 0.29) is 5.41 Å². The minimum atomic E-state index is -0.368. The highest BCUT2D eigenvalue weighted by atomic mass is 32.1. The van der Waals surface area contributed by atoms with E-state index in [0.717, 1.165) is 30.0 Å². The summed E-state index contributed by atoms with van der Waals surface area (Å²) in [5.41, 5.74) is 3.27. The van der Waals surface area contributed by atoms with Crippen molar-refractivity contribution in [3.8, 4) is 6.07 Å². The average Bonchev–Trinajstić information content (AvgIpc) is 2.93. The summed E-state index contributed by atoms with van der Waals surface area (Å²) in [5.74, 6) is 0. The molecule has 1 aromatic heterocycles. The summed E-state index contributed by atoms with van der Waals surface area (Å²) < 4.78 is 0. The van der Waals surface area contributed by atoms with Crippen LogP contribution in [0.4, 0.5) is 0 Å². The molecule has 1 aromatic carbocycles. The summed E-state index contributed by atoms with van der Waals surface area (Å²) in [6.07, 6.45) is 2.67. The van der Waals surface area contributed by atoms with Crippen LogP contribution < -0.4 is 0 Å². The highest BCUT2D eigenvalue weighted by molar-refractivity contribution is 7.11. The van der Waals surface area contributed by atoms with Gasteiger partial charge in [-0.2, -0.15) is 5.26 Å². The van der Waals surface area contributed by atoms with Crippen LogP contribution in [0.25, 0.3) is 0 Å². The van der Waals surface area contributed by atoms with Crippen LogP contribution in [0.1, 0.15) is 33.1 Å². The number of aromatic nitrogens is 1. The molecule has 1 heterocycles. The molecule has 0 aliphatic heterocycles. The van der Waals surface area contributed by atoms with Crippen molar-refractivity contribution >= 4 is 11.3 Å². The van der Waals surface area contributed by atoms with Gasteiger partial charge in [-0.1, -0.05) is 24.3 Å². The Bertz CT molecular complexity index is 646. The smallest absolute Gasteiger partial charge is 0.0950 e. The van der Waals surface area contributed by atoms with Crippen molar-refractivity contribution in [3.05, 3.63) is 51.0 Å². The van der Waals surface area contributed by atoms with Crippen molar-refractivity contribution in [1.82, 2.24) is 4.98 Å². The molecule has 0 bridgehead atoms. The molecule has 1 aliphatic carbocycles. The molecule has 1 unspecified atom stereocenters. The van der Waals surface area contributed by atoms with Crippen molar-refractivity contribution in [3.63, 3.8) is 0 Å². The lowest BCUT2D eigenvalue weighted by atomic mass is 9.80. The summed E-state index contributed by atoms with van der Waals surface area (Å²) in [6, 6.07) is 10.9. The lowest BCUT2D eigenvalue weighted by Gasteiger charge is -2.20. The molecular weight excluding hydrogens is 252 g/mol. The first-order chi connectivity index (χ1) is 9.14. The molecule has 0 radical (unpaired) electrons. The van der Waals surface area contributed by atoms with Crippen molar-refractivity contribution in [2.45, 2.75) is 38.5 Å². The van der Waals surface area contributed by atoms with Crippen molar-refractivity contribution in [2.24, 2.45) is 0 Å². The molecule has 96 valence electrons. The van der Waals surface area contributed by atoms with Gasteiger partial charge in [-0.05, 0) is 37.8 Å². The van der Waals surface area contributed by atoms with Crippen LogP contribution in [0, 0.1) is 25.2 Å². The fraction of sp³-hybridized carbons (Fsp3) is 0.375. The Morgan fingerprint density at radius 3 is 2.84 bits per heavy atom. The maximum atomic E-state index is 9.73. The number of rotatable bonds is 2. The number of fused-ring (bicyclic) bond motifs is 1. The number of hydrogen-bond donors (Lipinski definition) is 0. The van der Waals surface area contributed by atoms with Gasteiger partial charge in [0.2, 0.25) is 0 Å². The van der Waals surface area contributed by atoms with Gasteiger partial charge in [-0.25, -0.2) is 4.98 Å². The van der Waals surface area contributed by atoms with E-state index in [4.69, 9.17) is 0 Å². The predicted molar refractivity (Wildman–Crippen MR) is 77.3 cm³/mol. The van der Waals surface area contributed by atoms with Gasteiger partial charge in [-0.15, -0.1) is 11.3 Å². The zero-order valence-corrected chi connectivity index (χ0v) is 12.0. The maximum Gasteiger partial charge on any atom is 0.0950 e. The van der Waals surface area contributed by atoms with E-state index in [1.165, 1.54) is 16.0 Å². The third kappa shape index (κ3) is 1.97. The van der Waals surface area contributed by atoms with Crippen LogP contribution in [0.2, 0.25) is 0 Å². The molecule has 0 saturated heterocycles. The molecular formula is C16H16N2S. The number of thiazole rings is 1. The van der Waals surface area contributed by atoms with E-state index in [2.05, 4.69) is 36.2 Å². The second-order valence-corrected chi connectivity index (χ2v) is 6.56. The Kier molecular flexibility index (Phi) is 2.91. The zero-order valence-electron chi connectivity index (χ0n) is 11.2. The average molecular weight is 268 g/mol. The molecule has 0 saturated carbocycles. The van der Waals surface area contributed by atoms with Crippen molar-refractivity contribution in [2.75, 3.05) is 0 Å². The first kappa shape index (κ1) is 12.4. The van der Waals surface area contributed by atoms with Gasteiger partial charge in [0.1, 0.15) is 0 Å². The lowest BCUT2D eigenvalue weighted by molar-refractivity contribution is 0.539. The van der Waals surface area contributed by atoms with E-state index in [1.807, 2.05) is 13.0 Å². The Morgan fingerprint density at radius 2 is 2.16 bits per heavy atom. The fourth-order valence-electron chi connectivity index (χ4n) is 2.90. The van der Waals surface area contributed by atoms with Gasteiger partial charge < -0.3 is 0 Å². The Labute approximate surface area is 117 Å². The Hall–Kier alpha value is -1.66. The van der Waals surface area contributed by atoms with E-state index >= 15 is 0 Å². The highest BCUT2D eigenvalue weighted by Crippen LogP contribution is 2.41. The summed E-state index contributed by atoms with van der Waals surface area (Å²) in [4.78, 5) is 5.87. The van der Waals surface area contributed by atoms with Gasteiger partial charge in [0.15, 0.2) is 0 Å². The Morgan fingerprint density at radius 1 is 1.37 bits per heavy atom. The lowest BCUT2D eigenvalue weighted by Crippen LogP contribution is -2.23. The number of nitrogens with zero attached hydrogens (tertiary/aromatic N) is 2. The third-order valence-electron chi connectivity index (χ3n) is 4.09. The molecule has 0 spiro atoms. The highest BCUT2D eigenvalue weighted by Gasteiger charge is 2.39. The minimum Gasteiger partial charge on any atom is -0.246 e. The van der Waals surface area contributed by atoms with Crippen LogP contribution in [-0.4, -0.2) is 4.98 Å². The fourth-order valence-corrected chi connectivity index (χ4v) is 3.95. The van der Waals surface area contributed by atoms with E-state index in [1.54, 1.807) is 11.3 Å². The number of aryl methyl sites for hydroxylation is 3. The predicted octanol–water partition coefficient (Wildman–Crippen LogP) is 3.71. The first-order valence-corrected chi connectivity index (χ1v) is 7.39. The van der Waals surface area contributed by atoms with Gasteiger partial charge in [0, 0.05) is 11.3 Å². The van der Waals surface area contributed by atoms with E-state index < -0.39 is 0 Å². The summed E-state index contributed by atoms with van der Waals surface area (Å²) in [6.45, 7) is 4.13. The van der Waals surface area contributed by atoms with Gasteiger partial charge in [-0.3, -0.25) is 0 Å². The standard InChI is InChI=1S/C16H16N2S/c1-11-12(2)19-15(18-11)9-16(10-17)8-7-13-5-3-4-6-14(13)16/h3-6H,7-9H2,1-2H3. The maximum absolute atomic E-state index is 9.73. The summed E-state index contributed by atoms with van der Waals surface area (Å²) in [7, 11) is 0. The number of hydrogen-bond acceptors (Lipinski definition) is 3. The normalized spacial score (nSPS) is 21.1. The first-order valence-electron chi connectivity index (χ1n) is 6.57. The van der Waals surface area contributed by atoms with Gasteiger partial charge in [0.05, 0.1) is 22.2 Å². The second-order valence-electron chi connectivity index (χ2n) is 5.28. The van der Waals surface area contributed by atoms with Crippen LogP contribution >= 0.6 is 11.3 Å². The molecule has 19 heavy (non-hydrogen) atoms. The third-order valence-corrected chi connectivity index (χ3v) is 5.17. The number of benzene rings is 1. The molecule has 0 N–H and O–H groups in total. The molecule has 1 atom stereocenters. The van der Waals surface area contributed by atoms with E-state index in [9.17, 15) is 5.26 Å². The molecule has 0 amide bonds. The SMILES string of the molecule is Cc1nc(CC2(C#N)CCc3ccccc32)sc1C. The van der Waals surface area contributed by atoms with Gasteiger partial charge >= 0.3 is 0 Å². The largest absolute Gasteiger partial charge is 0.246 e. The van der Waals surface area contributed by atoms with Crippen LogP contribution in [0.5, 0.6) is 0 Å². The quantitative estimate of drug-likeness (QED) is 0.832. The van der Waals surface area contributed by atoms with Crippen molar-refractivity contribution in [1.29, 1.82) is 5.26 Å². The minimum absolute atomic E-state index is 0.368. The van der Waals surface area contributed by atoms with Crippen LogP contribution in [-0.2, 0) is 18.3 Å². The monoisotopic (exact) mass is 268 g/mol. The second kappa shape index (κ2) is 4.47. The summed E-state index contributed by atoms with van der Waals surface area (Å²) in [5, 5.41) is 10.8.